The summed E-state index contributed by atoms with van der Waals surface area (Å²) in [6.07, 6.45) is 23.4. The van der Waals surface area contributed by atoms with E-state index in [2.05, 4.69) is 27.7 Å². The molecule has 0 spiro atoms. The van der Waals surface area contributed by atoms with Crippen LogP contribution in [0.25, 0.3) is 0 Å². The molecule has 0 aliphatic carbocycles. The van der Waals surface area contributed by atoms with Crippen LogP contribution in [0.5, 0.6) is 0 Å². The first kappa shape index (κ1) is 28.9. The standard InChI is InChI=1S/C24H52N.HI/c1-5-9-10-11-12-13-14-15-16-17-18-19-20-21-22-23-24-25(6-2,7-3)8-4;/h5-24H2,1-4H3;1H/q+1;/p-1. The van der Waals surface area contributed by atoms with Gasteiger partial charge in [-0.2, -0.15) is 0 Å². The van der Waals surface area contributed by atoms with Crippen molar-refractivity contribution in [3.05, 3.63) is 0 Å². The summed E-state index contributed by atoms with van der Waals surface area (Å²) in [4.78, 5) is 0. The Morgan fingerprint density at radius 3 is 0.923 bits per heavy atom. The SMILES string of the molecule is CCCCCCCCCCCCCCCCCC[N+](CC)(CC)CC.[I-]. The zero-order valence-electron chi connectivity index (χ0n) is 19.0. The fourth-order valence-corrected chi connectivity index (χ4v) is 4.14. The second-order valence-corrected chi connectivity index (χ2v) is 8.32. The number of halogens is 1. The molecular weight excluding hydrogens is 429 g/mol. The molecule has 0 rings (SSSR count). The van der Waals surface area contributed by atoms with Gasteiger partial charge in [0.25, 0.3) is 0 Å². The summed E-state index contributed by atoms with van der Waals surface area (Å²) in [5.41, 5.74) is 0. The first-order chi connectivity index (χ1) is 12.2. The van der Waals surface area contributed by atoms with Crippen LogP contribution in [0.4, 0.5) is 0 Å². The molecule has 0 aliphatic heterocycles. The zero-order chi connectivity index (χ0) is 18.6. The molecule has 0 atom stereocenters. The van der Waals surface area contributed by atoms with Crippen LogP contribution in [0.1, 0.15) is 130 Å². The topological polar surface area (TPSA) is 0 Å². The predicted molar refractivity (Wildman–Crippen MR) is 116 cm³/mol. The summed E-state index contributed by atoms with van der Waals surface area (Å²) in [6, 6.07) is 0. The lowest BCUT2D eigenvalue weighted by Crippen LogP contribution is -3.00. The number of unbranched alkanes of at least 4 members (excludes halogenated alkanes) is 15. The summed E-state index contributed by atoms with van der Waals surface area (Å²) >= 11 is 0. The van der Waals surface area contributed by atoms with Crippen molar-refractivity contribution in [3.8, 4) is 0 Å². The molecule has 0 saturated carbocycles. The van der Waals surface area contributed by atoms with Crippen LogP contribution >= 0.6 is 0 Å². The largest absolute Gasteiger partial charge is 1.00 e. The Kier molecular flexibility index (Phi) is 24.4. The summed E-state index contributed by atoms with van der Waals surface area (Å²) in [7, 11) is 0. The minimum absolute atomic E-state index is 0. The van der Waals surface area contributed by atoms with Crippen LogP contribution < -0.4 is 24.0 Å². The van der Waals surface area contributed by atoms with Gasteiger partial charge in [-0.05, 0) is 33.6 Å². The second kappa shape index (κ2) is 22.0. The van der Waals surface area contributed by atoms with Gasteiger partial charge >= 0.3 is 0 Å². The van der Waals surface area contributed by atoms with Gasteiger partial charge in [-0.3, -0.25) is 0 Å². The first-order valence-electron chi connectivity index (χ1n) is 12.1. The van der Waals surface area contributed by atoms with Gasteiger partial charge in [-0.15, -0.1) is 0 Å². The molecule has 0 N–H and O–H groups in total. The minimum Gasteiger partial charge on any atom is -1.00 e. The predicted octanol–water partition coefficient (Wildman–Crippen LogP) is 5.13. The number of rotatable bonds is 20. The Balaban J connectivity index is 0. The molecule has 0 fully saturated rings. The van der Waals surface area contributed by atoms with Gasteiger partial charge in [0.2, 0.25) is 0 Å². The number of quaternary nitrogens is 1. The van der Waals surface area contributed by atoms with Crippen molar-refractivity contribution in [2.24, 2.45) is 0 Å². The normalized spacial score (nSPS) is 11.5. The Hall–Kier alpha value is 0.690. The van der Waals surface area contributed by atoms with E-state index in [0.29, 0.717) is 0 Å². The molecule has 0 heterocycles. The minimum atomic E-state index is 0. The monoisotopic (exact) mass is 481 g/mol. The van der Waals surface area contributed by atoms with Crippen molar-refractivity contribution in [1.29, 1.82) is 0 Å². The fourth-order valence-electron chi connectivity index (χ4n) is 4.14. The number of nitrogens with zero attached hydrogens (tertiary/aromatic N) is 1. The van der Waals surface area contributed by atoms with Crippen molar-refractivity contribution in [3.63, 3.8) is 0 Å². The molecule has 0 aromatic carbocycles. The summed E-state index contributed by atoms with van der Waals surface area (Å²) in [5.74, 6) is 0. The van der Waals surface area contributed by atoms with E-state index in [0.717, 1.165) is 0 Å². The molecule has 0 aromatic heterocycles. The molecule has 26 heavy (non-hydrogen) atoms. The molecule has 2 heteroatoms. The van der Waals surface area contributed by atoms with Gasteiger partial charge in [-0.25, -0.2) is 0 Å². The summed E-state index contributed by atoms with van der Waals surface area (Å²) in [6.45, 7) is 14.7. The van der Waals surface area contributed by atoms with E-state index < -0.39 is 0 Å². The van der Waals surface area contributed by atoms with E-state index >= 15 is 0 Å². The van der Waals surface area contributed by atoms with E-state index in [1.54, 1.807) is 0 Å². The molecule has 0 bridgehead atoms. The third kappa shape index (κ3) is 16.8. The maximum atomic E-state index is 2.36. The average molecular weight is 482 g/mol. The van der Waals surface area contributed by atoms with Gasteiger partial charge in [-0.1, -0.05) is 96.8 Å². The van der Waals surface area contributed by atoms with Gasteiger partial charge < -0.3 is 28.5 Å². The smallest absolute Gasteiger partial charge is 0.0786 e. The van der Waals surface area contributed by atoms with E-state index in [-0.39, 0.29) is 24.0 Å². The summed E-state index contributed by atoms with van der Waals surface area (Å²) < 4.78 is 1.33. The van der Waals surface area contributed by atoms with Gasteiger partial charge in [0.1, 0.15) is 0 Å². The van der Waals surface area contributed by atoms with Crippen molar-refractivity contribution in [2.45, 2.75) is 130 Å². The zero-order valence-corrected chi connectivity index (χ0v) is 21.1. The molecule has 0 saturated heterocycles. The number of hydrogen-bond acceptors (Lipinski definition) is 0. The Morgan fingerprint density at radius 1 is 0.385 bits per heavy atom. The van der Waals surface area contributed by atoms with Crippen LogP contribution in [0.15, 0.2) is 0 Å². The molecule has 0 radical (unpaired) electrons. The van der Waals surface area contributed by atoms with Crippen LogP contribution in [0.2, 0.25) is 0 Å². The summed E-state index contributed by atoms with van der Waals surface area (Å²) in [5, 5.41) is 0. The molecule has 1 nitrogen and oxygen atoms in total. The van der Waals surface area contributed by atoms with Gasteiger partial charge in [0, 0.05) is 0 Å². The van der Waals surface area contributed by atoms with E-state index in [1.807, 2.05) is 0 Å². The highest BCUT2D eigenvalue weighted by Gasteiger charge is 2.19. The quantitative estimate of drug-likeness (QED) is 0.129. The molecule has 160 valence electrons. The molecular formula is C24H52IN. The van der Waals surface area contributed by atoms with Crippen LogP contribution in [0, 0.1) is 0 Å². The molecule has 0 aromatic rings. The van der Waals surface area contributed by atoms with E-state index in [4.69, 9.17) is 0 Å². The van der Waals surface area contributed by atoms with Crippen LogP contribution in [-0.4, -0.2) is 30.7 Å². The Labute approximate surface area is 184 Å². The second-order valence-electron chi connectivity index (χ2n) is 8.32. The van der Waals surface area contributed by atoms with Crippen LogP contribution in [0.3, 0.4) is 0 Å². The van der Waals surface area contributed by atoms with Gasteiger partial charge in [0.05, 0.1) is 26.2 Å². The fraction of sp³-hybridized carbons (Fsp3) is 1.00. The van der Waals surface area contributed by atoms with Crippen molar-refractivity contribution >= 4 is 0 Å². The maximum Gasteiger partial charge on any atom is 0.0786 e. The van der Waals surface area contributed by atoms with E-state index in [9.17, 15) is 0 Å². The van der Waals surface area contributed by atoms with E-state index in [1.165, 1.54) is 133 Å². The van der Waals surface area contributed by atoms with Crippen molar-refractivity contribution in [1.82, 2.24) is 0 Å². The van der Waals surface area contributed by atoms with Gasteiger partial charge in [0.15, 0.2) is 0 Å². The highest BCUT2D eigenvalue weighted by molar-refractivity contribution is 4.50. The number of hydrogen-bond donors (Lipinski definition) is 0. The van der Waals surface area contributed by atoms with Crippen LogP contribution in [-0.2, 0) is 0 Å². The first-order valence-corrected chi connectivity index (χ1v) is 12.1. The van der Waals surface area contributed by atoms with Crippen molar-refractivity contribution < 1.29 is 28.5 Å². The maximum absolute atomic E-state index is 2.36. The lowest BCUT2D eigenvalue weighted by atomic mass is 10.0. The molecule has 0 amide bonds. The Bertz CT molecular complexity index is 242. The molecule has 0 unspecified atom stereocenters. The lowest BCUT2D eigenvalue weighted by Gasteiger charge is -2.35. The molecule has 0 aliphatic rings. The highest BCUT2D eigenvalue weighted by atomic mass is 127. The highest BCUT2D eigenvalue weighted by Crippen LogP contribution is 2.15. The third-order valence-electron chi connectivity index (χ3n) is 6.50. The third-order valence-corrected chi connectivity index (χ3v) is 6.50. The Morgan fingerprint density at radius 2 is 0.654 bits per heavy atom. The van der Waals surface area contributed by atoms with Crippen molar-refractivity contribution in [2.75, 3.05) is 26.2 Å². The lowest BCUT2D eigenvalue weighted by molar-refractivity contribution is -0.923. The average Bonchev–Trinajstić information content (AvgIpc) is 2.65.